The zero-order valence-electron chi connectivity index (χ0n) is 18.0. The fourth-order valence-electron chi connectivity index (χ4n) is 4.09. The number of piperazine rings is 2. The summed E-state index contributed by atoms with van der Waals surface area (Å²) < 4.78 is 0. The molecule has 1 aromatic rings. The molecule has 0 spiro atoms. The van der Waals surface area contributed by atoms with Crippen molar-refractivity contribution < 1.29 is 0 Å². The summed E-state index contributed by atoms with van der Waals surface area (Å²) >= 11 is 6.36. The number of halogens is 2. The van der Waals surface area contributed by atoms with Crippen molar-refractivity contribution in [1.29, 1.82) is 0 Å². The number of hydrogen-bond donors (Lipinski definition) is 1. The zero-order valence-corrected chi connectivity index (χ0v) is 21.1. The highest BCUT2D eigenvalue weighted by Crippen LogP contribution is 2.26. The lowest BCUT2D eigenvalue weighted by molar-refractivity contribution is 0.107. The second kappa shape index (κ2) is 12.2. The fraction of sp³-hybridized carbons (Fsp3) is 0.667. The molecular formula is C21H36ClIN6. The normalized spacial score (nSPS) is 20.3. The van der Waals surface area contributed by atoms with Gasteiger partial charge in [0.2, 0.25) is 0 Å². The van der Waals surface area contributed by atoms with Crippen molar-refractivity contribution in [2.24, 2.45) is 4.99 Å². The number of guanidine groups is 1. The van der Waals surface area contributed by atoms with Gasteiger partial charge in [-0.15, -0.1) is 24.0 Å². The third kappa shape index (κ3) is 6.60. The third-order valence-electron chi connectivity index (χ3n) is 6.02. The molecule has 1 N–H and O–H groups in total. The van der Waals surface area contributed by atoms with Gasteiger partial charge in [0.05, 0.1) is 10.7 Å². The minimum atomic E-state index is 0. The van der Waals surface area contributed by atoms with Gasteiger partial charge in [-0.2, -0.15) is 0 Å². The second-order valence-corrected chi connectivity index (χ2v) is 8.08. The third-order valence-corrected chi connectivity index (χ3v) is 6.34. The minimum absolute atomic E-state index is 0. The van der Waals surface area contributed by atoms with E-state index in [1.165, 1.54) is 13.1 Å². The van der Waals surface area contributed by atoms with Crippen LogP contribution in [-0.4, -0.2) is 99.2 Å². The van der Waals surface area contributed by atoms with Crippen molar-refractivity contribution in [2.45, 2.75) is 19.9 Å². The summed E-state index contributed by atoms with van der Waals surface area (Å²) in [5.74, 6) is 1.01. The van der Waals surface area contributed by atoms with E-state index in [1.807, 2.05) is 19.2 Å². The van der Waals surface area contributed by atoms with Gasteiger partial charge in [-0.3, -0.25) is 9.89 Å². The van der Waals surface area contributed by atoms with Gasteiger partial charge in [0.1, 0.15) is 0 Å². The Labute approximate surface area is 198 Å². The maximum atomic E-state index is 6.36. The zero-order chi connectivity index (χ0) is 19.9. The molecule has 1 atom stereocenters. The van der Waals surface area contributed by atoms with Crippen molar-refractivity contribution in [2.75, 3.05) is 77.4 Å². The minimum Gasteiger partial charge on any atom is -0.367 e. The molecule has 2 saturated heterocycles. The predicted octanol–water partition coefficient (Wildman–Crippen LogP) is 2.68. The summed E-state index contributed by atoms with van der Waals surface area (Å²) in [5, 5.41) is 4.43. The Balaban J connectivity index is 0.00000300. The van der Waals surface area contributed by atoms with Gasteiger partial charge in [-0.25, -0.2) is 0 Å². The molecule has 0 radical (unpaired) electrons. The molecule has 2 aliphatic rings. The topological polar surface area (TPSA) is 37.4 Å². The molecular weight excluding hydrogens is 499 g/mol. The number of rotatable bonds is 5. The van der Waals surface area contributed by atoms with Crippen molar-refractivity contribution in [1.82, 2.24) is 20.0 Å². The highest BCUT2D eigenvalue weighted by atomic mass is 127. The number of anilines is 1. The molecule has 6 nitrogen and oxygen atoms in total. The van der Waals surface area contributed by atoms with Crippen molar-refractivity contribution in [3.63, 3.8) is 0 Å². The van der Waals surface area contributed by atoms with Crippen LogP contribution >= 0.6 is 35.6 Å². The average molecular weight is 535 g/mol. The summed E-state index contributed by atoms with van der Waals surface area (Å²) in [6.07, 6.45) is 0. The van der Waals surface area contributed by atoms with Crippen LogP contribution in [0.15, 0.2) is 29.3 Å². The molecule has 0 aliphatic carbocycles. The highest BCUT2D eigenvalue weighted by molar-refractivity contribution is 14.0. The first kappa shape index (κ1) is 24.5. The maximum Gasteiger partial charge on any atom is 0.193 e. The van der Waals surface area contributed by atoms with E-state index in [1.54, 1.807) is 0 Å². The number of nitrogens with one attached hydrogen (secondary N) is 1. The highest BCUT2D eigenvalue weighted by Gasteiger charge is 2.23. The summed E-state index contributed by atoms with van der Waals surface area (Å²) in [5.41, 5.74) is 1.13. The summed E-state index contributed by atoms with van der Waals surface area (Å²) in [6.45, 7) is 15.2. The number of hydrogen-bond acceptors (Lipinski definition) is 4. The molecule has 1 unspecified atom stereocenters. The molecule has 1 aromatic carbocycles. The number of nitrogens with zero attached hydrogens (tertiary/aromatic N) is 5. The van der Waals surface area contributed by atoms with E-state index < -0.39 is 0 Å². The SMILES string of the molecule is CCN1CCN(C(C)CNC(=NC)N2CCN(c3ccccc3Cl)CC2)CC1.I. The molecule has 2 fully saturated rings. The van der Waals surface area contributed by atoms with Crippen LogP contribution in [0.3, 0.4) is 0 Å². The Bertz CT molecular complexity index is 642. The lowest BCUT2D eigenvalue weighted by atomic mass is 10.2. The van der Waals surface area contributed by atoms with Gasteiger partial charge < -0.3 is 20.0 Å². The molecule has 0 saturated carbocycles. The van der Waals surface area contributed by atoms with Crippen molar-refractivity contribution >= 4 is 47.2 Å². The van der Waals surface area contributed by atoms with Gasteiger partial charge in [0.25, 0.3) is 0 Å². The Morgan fingerprint density at radius 1 is 1.07 bits per heavy atom. The summed E-state index contributed by atoms with van der Waals surface area (Å²) in [6, 6.07) is 8.61. The van der Waals surface area contributed by atoms with E-state index in [4.69, 9.17) is 11.6 Å². The quantitative estimate of drug-likeness (QED) is 0.357. The monoisotopic (exact) mass is 534 g/mol. The van der Waals surface area contributed by atoms with Crippen LogP contribution in [-0.2, 0) is 0 Å². The molecule has 3 rings (SSSR count). The van der Waals surface area contributed by atoms with Crippen LogP contribution in [0.25, 0.3) is 0 Å². The summed E-state index contributed by atoms with van der Waals surface area (Å²) in [7, 11) is 1.88. The van der Waals surface area contributed by atoms with Gasteiger partial charge in [0.15, 0.2) is 5.96 Å². The van der Waals surface area contributed by atoms with E-state index >= 15 is 0 Å². The first-order valence-corrected chi connectivity index (χ1v) is 10.9. The van der Waals surface area contributed by atoms with E-state index in [0.29, 0.717) is 6.04 Å². The number of aliphatic imine (C=N–C) groups is 1. The second-order valence-electron chi connectivity index (χ2n) is 7.67. The lowest BCUT2D eigenvalue weighted by Crippen LogP contribution is -2.56. The Morgan fingerprint density at radius 3 is 2.31 bits per heavy atom. The van der Waals surface area contributed by atoms with E-state index in [-0.39, 0.29) is 24.0 Å². The van der Waals surface area contributed by atoms with Crippen LogP contribution in [0.2, 0.25) is 5.02 Å². The molecule has 0 aromatic heterocycles. The Kier molecular flexibility index (Phi) is 10.3. The van der Waals surface area contributed by atoms with Gasteiger partial charge in [0, 0.05) is 72.0 Å². The predicted molar refractivity (Wildman–Crippen MR) is 135 cm³/mol. The van der Waals surface area contributed by atoms with Crippen LogP contribution in [0.4, 0.5) is 5.69 Å². The summed E-state index contributed by atoms with van der Waals surface area (Å²) in [4.78, 5) is 14.4. The maximum absolute atomic E-state index is 6.36. The number of para-hydroxylation sites is 1. The molecule has 0 bridgehead atoms. The van der Waals surface area contributed by atoms with Crippen molar-refractivity contribution in [3.8, 4) is 0 Å². The van der Waals surface area contributed by atoms with E-state index in [0.717, 1.165) is 69.0 Å². The standard InChI is InChI=1S/C21H35ClN6.HI/c1-4-25-9-11-26(12-10-25)18(2)17-24-21(23-3)28-15-13-27(14-16-28)20-8-6-5-7-19(20)22;/h5-8,18H,4,9-17H2,1-3H3,(H,23,24);1H. The Morgan fingerprint density at radius 2 is 1.72 bits per heavy atom. The van der Waals surface area contributed by atoms with Crippen LogP contribution in [0.5, 0.6) is 0 Å². The molecule has 2 heterocycles. The first-order chi connectivity index (χ1) is 13.6. The van der Waals surface area contributed by atoms with Gasteiger partial charge in [-0.1, -0.05) is 30.7 Å². The van der Waals surface area contributed by atoms with Crippen LogP contribution < -0.4 is 10.2 Å². The smallest absolute Gasteiger partial charge is 0.193 e. The molecule has 29 heavy (non-hydrogen) atoms. The van der Waals surface area contributed by atoms with Crippen LogP contribution in [0, 0.1) is 0 Å². The molecule has 164 valence electrons. The largest absolute Gasteiger partial charge is 0.367 e. The van der Waals surface area contributed by atoms with Crippen molar-refractivity contribution in [3.05, 3.63) is 29.3 Å². The Hall–Kier alpha value is -0.770. The van der Waals surface area contributed by atoms with E-state index in [9.17, 15) is 0 Å². The van der Waals surface area contributed by atoms with Gasteiger partial charge >= 0.3 is 0 Å². The number of likely N-dealkylation sites (N-methyl/N-ethyl adjacent to an activating group) is 1. The number of benzene rings is 1. The molecule has 2 aliphatic heterocycles. The van der Waals surface area contributed by atoms with E-state index in [2.05, 4.69) is 55.9 Å². The fourth-order valence-corrected chi connectivity index (χ4v) is 4.34. The van der Waals surface area contributed by atoms with Gasteiger partial charge in [-0.05, 0) is 25.6 Å². The first-order valence-electron chi connectivity index (χ1n) is 10.5. The lowest BCUT2D eigenvalue weighted by Gasteiger charge is -2.40. The molecule has 8 heteroatoms. The average Bonchev–Trinajstić information content (AvgIpc) is 2.75. The molecule has 0 amide bonds. The van der Waals surface area contributed by atoms with Crippen LogP contribution in [0.1, 0.15) is 13.8 Å².